The first-order valence-electron chi connectivity index (χ1n) is 7.74. The number of nitrogens with one attached hydrogen (secondary N) is 1. The summed E-state index contributed by atoms with van der Waals surface area (Å²) in [5.74, 6) is 0.665. The number of pyridine rings is 2. The lowest BCUT2D eigenvalue weighted by Gasteiger charge is -2.08. The van der Waals surface area contributed by atoms with Crippen molar-refractivity contribution in [1.82, 2.24) is 9.38 Å². The largest absolute Gasteiger partial charge is 0.383 e. The normalized spacial score (nSPS) is 11.2. The molecule has 3 aromatic heterocycles. The van der Waals surface area contributed by atoms with Gasteiger partial charge in [-0.3, -0.25) is 9.20 Å². The summed E-state index contributed by atoms with van der Waals surface area (Å²) in [5.41, 5.74) is 1.37. The van der Waals surface area contributed by atoms with E-state index in [4.69, 9.17) is 4.74 Å². The minimum atomic E-state index is -0.278. The summed E-state index contributed by atoms with van der Waals surface area (Å²) >= 11 is 1.43. The van der Waals surface area contributed by atoms with Crippen molar-refractivity contribution in [2.45, 2.75) is 0 Å². The minimum Gasteiger partial charge on any atom is -0.383 e. The molecule has 25 heavy (non-hydrogen) atoms. The predicted molar refractivity (Wildman–Crippen MR) is 99.4 cm³/mol. The number of methoxy groups -OCH3 is 1. The molecular weight excluding hydrogens is 336 g/mol. The molecule has 7 heteroatoms. The molecule has 0 saturated heterocycles. The molecule has 124 valence electrons. The number of nitriles is 1. The molecule has 0 aliphatic carbocycles. The fourth-order valence-electron chi connectivity index (χ4n) is 2.87. The molecule has 0 amide bonds. The third-order valence-electron chi connectivity index (χ3n) is 4.01. The van der Waals surface area contributed by atoms with Gasteiger partial charge in [-0.05, 0) is 24.3 Å². The van der Waals surface area contributed by atoms with Crippen molar-refractivity contribution < 1.29 is 4.74 Å². The molecule has 0 atom stereocenters. The first-order valence-corrected chi connectivity index (χ1v) is 8.56. The molecule has 3 heterocycles. The standard InChI is InChI=1S/C18H14N4O2S/c1-24-9-8-20-15-7-6-11-16(23)12(10-19)18-22(17(11)21-15)13-4-2-3-5-14(13)25-18/h2-7H,8-9H2,1H3,(H,20,21). The van der Waals surface area contributed by atoms with Crippen molar-refractivity contribution >= 4 is 43.2 Å². The highest BCUT2D eigenvalue weighted by Crippen LogP contribution is 2.30. The smallest absolute Gasteiger partial charge is 0.210 e. The second kappa shape index (κ2) is 6.16. The van der Waals surface area contributed by atoms with Crippen LogP contribution in [0.1, 0.15) is 5.56 Å². The van der Waals surface area contributed by atoms with Crippen LogP contribution in [-0.4, -0.2) is 29.6 Å². The Morgan fingerprint density at radius 2 is 2.16 bits per heavy atom. The Labute approximate surface area is 146 Å². The highest BCUT2D eigenvalue weighted by Gasteiger charge is 2.17. The number of anilines is 1. The number of thiazole rings is 1. The van der Waals surface area contributed by atoms with Crippen LogP contribution in [0.5, 0.6) is 0 Å². The van der Waals surface area contributed by atoms with Gasteiger partial charge in [0, 0.05) is 13.7 Å². The second-order valence-corrected chi connectivity index (χ2v) is 6.54. The quantitative estimate of drug-likeness (QED) is 0.572. The number of hydrogen-bond acceptors (Lipinski definition) is 6. The molecule has 4 aromatic rings. The van der Waals surface area contributed by atoms with E-state index >= 15 is 0 Å². The molecule has 0 unspecified atom stereocenters. The molecule has 0 fully saturated rings. The second-order valence-electron chi connectivity index (χ2n) is 5.51. The number of aromatic nitrogens is 2. The summed E-state index contributed by atoms with van der Waals surface area (Å²) in [4.78, 5) is 18.0. The number of nitrogens with zero attached hydrogens (tertiary/aromatic N) is 3. The van der Waals surface area contributed by atoms with E-state index in [1.165, 1.54) is 11.3 Å². The van der Waals surface area contributed by atoms with E-state index in [-0.39, 0.29) is 11.0 Å². The van der Waals surface area contributed by atoms with Crippen LogP contribution in [0.2, 0.25) is 0 Å². The molecule has 0 aliphatic rings. The van der Waals surface area contributed by atoms with Crippen molar-refractivity contribution in [1.29, 1.82) is 5.26 Å². The van der Waals surface area contributed by atoms with Crippen molar-refractivity contribution in [3.8, 4) is 6.07 Å². The van der Waals surface area contributed by atoms with Crippen LogP contribution in [0.15, 0.2) is 41.2 Å². The Morgan fingerprint density at radius 1 is 1.32 bits per heavy atom. The Morgan fingerprint density at radius 3 is 2.96 bits per heavy atom. The first-order chi connectivity index (χ1) is 12.2. The first kappa shape index (κ1) is 15.6. The maximum Gasteiger partial charge on any atom is 0.210 e. The van der Waals surface area contributed by atoms with Crippen LogP contribution in [0, 0.1) is 11.3 Å². The molecule has 0 bridgehead atoms. The summed E-state index contributed by atoms with van der Waals surface area (Å²) in [6.07, 6.45) is 0. The zero-order valence-corrected chi connectivity index (χ0v) is 14.3. The third kappa shape index (κ3) is 2.43. The zero-order valence-electron chi connectivity index (χ0n) is 13.4. The minimum absolute atomic E-state index is 0.163. The van der Waals surface area contributed by atoms with Gasteiger partial charge in [-0.2, -0.15) is 5.26 Å². The Hall–Kier alpha value is -2.95. The summed E-state index contributed by atoms with van der Waals surface area (Å²) in [6, 6.07) is 13.4. The number of hydrogen-bond donors (Lipinski definition) is 1. The topological polar surface area (TPSA) is 79.4 Å². The van der Waals surface area contributed by atoms with Crippen LogP contribution < -0.4 is 10.7 Å². The van der Waals surface area contributed by atoms with Crippen molar-refractivity contribution in [2.24, 2.45) is 0 Å². The van der Waals surface area contributed by atoms with Crippen LogP contribution in [0.4, 0.5) is 5.82 Å². The van der Waals surface area contributed by atoms with Gasteiger partial charge in [0.15, 0.2) is 5.65 Å². The van der Waals surface area contributed by atoms with Gasteiger partial charge in [0.05, 0.1) is 22.2 Å². The van der Waals surface area contributed by atoms with E-state index in [2.05, 4.69) is 16.4 Å². The molecule has 1 N–H and O–H groups in total. The molecule has 0 saturated carbocycles. The van der Waals surface area contributed by atoms with Gasteiger partial charge in [-0.1, -0.05) is 12.1 Å². The van der Waals surface area contributed by atoms with Gasteiger partial charge in [0.25, 0.3) is 0 Å². The summed E-state index contributed by atoms with van der Waals surface area (Å²) < 4.78 is 7.94. The lowest BCUT2D eigenvalue weighted by Crippen LogP contribution is -2.13. The number of para-hydroxylation sites is 1. The van der Waals surface area contributed by atoms with Crippen molar-refractivity contribution in [2.75, 3.05) is 25.6 Å². The van der Waals surface area contributed by atoms with Crippen LogP contribution in [-0.2, 0) is 4.74 Å². The molecule has 0 spiro atoms. The van der Waals surface area contributed by atoms with Crippen LogP contribution in [0.25, 0.3) is 26.1 Å². The molecule has 6 nitrogen and oxygen atoms in total. The molecule has 4 rings (SSSR count). The fourth-order valence-corrected chi connectivity index (χ4v) is 4.00. The Balaban J connectivity index is 2.09. The van der Waals surface area contributed by atoms with E-state index in [0.29, 0.717) is 34.8 Å². The van der Waals surface area contributed by atoms with Crippen molar-refractivity contribution in [3.63, 3.8) is 0 Å². The van der Waals surface area contributed by atoms with E-state index in [1.54, 1.807) is 19.2 Å². The van der Waals surface area contributed by atoms with Gasteiger partial charge in [-0.15, -0.1) is 11.3 Å². The van der Waals surface area contributed by atoms with E-state index in [1.807, 2.05) is 28.7 Å². The van der Waals surface area contributed by atoms with Gasteiger partial charge < -0.3 is 10.1 Å². The van der Waals surface area contributed by atoms with E-state index in [0.717, 1.165) is 10.2 Å². The lowest BCUT2D eigenvalue weighted by molar-refractivity contribution is 0.210. The van der Waals surface area contributed by atoms with E-state index < -0.39 is 0 Å². The summed E-state index contributed by atoms with van der Waals surface area (Å²) in [5, 5.41) is 13.1. The van der Waals surface area contributed by atoms with Crippen LogP contribution >= 0.6 is 11.3 Å². The number of rotatable bonds is 4. The number of benzene rings is 1. The summed E-state index contributed by atoms with van der Waals surface area (Å²) in [7, 11) is 1.64. The third-order valence-corrected chi connectivity index (χ3v) is 5.16. The van der Waals surface area contributed by atoms with Gasteiger partial charge in [-0.25, -0.2) is 4.98 Å². The molecule has 1 aromatic carbocycles. The van der Waals surface area contributed by atoms with E-state index in [9.17, 15) is 10.1 Å². The molecular formula is C18H14N4O2S. The number of fused-ring (bicyclic) bond motifs is 5. The SMILES string of the molecule is COCCNc1ccc2c(=O)c(C#N)c3sc4ccccc4n3c2n1. The average Bonchev–Trinajstić information content (AvgIpc) is 3.01. The fraction of sp³-hybridized carbons (Fsp3) is 0.167. The Kier molecular flexibility index (Phi) is 3.84. The zero-order chi connectivity index (χ0) is 17.4. The average molecular weight is 350 g/mol. The van der Waals surface area contributed by atoms with Crippen molar-refractivity contribution in [3.05, 3.63) is 52.2 Å². The maximum atomic E-state index is 12.7. The van der Waals surface area contributed by atoms with Gasteiger partial charge >= 0.3 is 0 Å². The van der Waals surface area contributed by atoms with Crippen LogP contribution in [0.3, 0.4) is 0 Å². The highest BCUT2D eigenvalue weighted by molar-refractivity contribution is 7.24. The summed E-state index contributed by atoms with van der Waals surface area (Å²) in [6.45, 7) is 1.18. The highest BCUT2D eigenvalue weighted by atomic mass is 32.1. The Bertz CT molecular complexity index is 1200. The van der Waals surface area contributed by atoms with Gasteiger partial charge in [0.1, 0.15) is 22.3 Å². The molecule has 0 radical (unpaired) electrons. The number of ether oxygens (including phenoxy) is 1. The molecule has 0 aliphatic heterocycles. The monoisotopic (exact) mass is 350 g/mol. The van der Waals surface area contributed by atoms with Gasteiger partial charge in [0.2, 0.25) is 5.43 Å². The maximum absolute atomic E-state index is 12.7. The predicted octanol–water partition coefficient (Wildman–Crippen LogP) is 2.99. The lowest BCUT2D eigenvalue weighted by atomic mass is 10.2.